The summed E-state index contributed by atoms with van der Waals surface area (Å²) in [5.41, 5.74) is 0.417. The maximum atomic E-state index is 11.8. The molecular formula is C12H15NO5S. The van der Waals surface area contributed by atoms with E-state index in [2.05, 4.69) is 0 Å². The number of hydrogen-bond donors (Lipinski definition) is 1. The van der Waals surface area contributed by atoms with E-state index in [0.29, 0.717) is 18.8 Å². The Morgan fingerprint density at radius 3 is 2.74 bits per heavy atom. The van der Waals surface area contributed by atoms with Crippen molar-refractivity contribution in [3.8, 4) is 0 Å². The first kappa shape index (κ1) is 13.8. The van der Waals surface area contributed by atoms with E-state index in [9.17, 15) is 18.3 Å². The molecule has 6 nitrogen and oxygen atoms in total. The summed E-state index contributed by atoms with van der Waals surface area (Å²) < 4.78 is 28.7. The second-order valence-electron chi connectivity index (χ2n) is 4.36. The van der Waals surface area contributed by atoms with Crippen LogP contribution in [0.3, 0.4) is 0 Å². The SMILES string of the molecule is CS(=O)(=O)c1ccccc1N1CCOCC1C(=O)O. The number of sulfone groups is 1. The van der Waals surface area contributed by atoms with Gasteiger partial charge in [-0.15, -0.1) is 0 Å². The molecule has 0 aromatic heterocycles. The summed E-state index contributed by atoms with van der Waals surface area (Å²) in [5.74, 6) is -1.02. The predicted octanol–water partition coefficient (Wildman–Crippen LogP) is 0.380. The van der Waals surface area contributed by atoms with Crippen molar-refractivity contribution in [2.45, 2.75) is 10.9 Å². The molecule has 1 aliphatic rings. The summed E-state index contributed by atoms with van der Waals surface area (Å²) in [4.78, 5) is 12.9. The topological polar surface area (TPSA) is 83.9 Å². The Bertz CT molecular complexity index is 584. The smallest absolute Gasteiger partial charge is 0.328 e. The number of rotatable bonds is 3. The average Bonchev–Trinajstić information content (AvgIpc) is 2.37. The van der Waals surface area contributed by atoms with Gasteiger partial charge >= 0.3 is 5.97 Å². The number of anilines is 1. The normalized spacial score (nSPS) is 20.3. The lowest BCUT2D eigenvalue weighted by Gasteiger charge is -2.35. The highest BCUT2D eigenvalue weighted by molar-refractivity contribution is 7.90. The second-order valence-corrected chi connectivity index (χ2v) is 6.35. The van der Waals surface area contributed by atoms with Crippen molar-refractivity contribution in [1.82, 2.24) is 0 Å². The van der Waals surface area contributed by atoms with Crippen molar-refractivity contribution in [2.24, 2.45) is 0 Å². The van der Waals surface area contributed by atoms with Gasteiger partial charge in [0.2, 0.25) is 0 Å². The molecule has 0 saturated carbocycles. The number of para-hydroxylation sites is 1. The minimum Gasteiger partial charge on any atom is -0.480 e. The van der Waals surface area contributed by atoms with Gasteiger partial charge in [0.05, 0.1) is 23.8 Å². The molecule has 0 radical (unpaired) electrons. The number of aliphatic carboxylic acids is 1. The van der Waals surface area contributed by atoms with Gasteiger partial charge in [0, 0.05) is 12.8 Å². The number of carbonyl (C=O) groups is 1. The average molecular weight is 285 g/mol. The van der Waals surface area contributed by atoms with Gasteiger partial charge < -0.3 is 14.7 Å². The van der Waals surface area contributed by atoms with Gasteiger partial charge in [0.15, 0.2) is 15.9 Å². The fourth-order valence-corrected chi connectivity index (χ4v) is 3.00. The number of carboxylic acids is 1. The van der Waals surface area contributed by atoms with Gasteiger partial charge in [-0.2, -0.15) is 0 Å². The Hall–Kier alpha value is -1.60. The molecule has 1 fully saturated rings. The van der Waals surface area contributed by atoms with Gasteiger partial charge in [-0.3, -0.25) is 0 Å². The molecule has 0 spiro atoms. The standard InChI is InChI=1S/C12H15NO5S/c1-19(16,17)11-5-3-2-4-9(11)13-6-7-18-8-10(13)12(14)15/h2-5,10H,6-8H2,1H3,(H,14,15). The number of ether oxygens (including phenoxy) is 1. The van der Waals surface area contributed by atoms with Crippen LogP contribution in [0, 0.1) is 0 Å². The van der Waals surface area contributed by atoms with Crippen molar-refractivity contribution in [1.29, 1.82) is 0 Å². The molecule has 1 heterocycles. The van der Waals surface area contributed by atoms with Crippen molar-refractivity contribution >= 4 is 21.5 Å². The molecule has 0 bridgehead atoms. The second kappa shape index (κ2) is 5.18. The highest BCUT2D eigenvalue weighted by Gasteiger charge is 2.31. The molecule has 1 saturated heterocycles. The molecule has 1 aromatic carbocycles. The maximum absolute atomic E-state index is 11.8. The van der Waals surface area contributed by atoms with Crippen LogP contribution >= 0.6 is 0 Å². The minimum atomic E-state index is -3.41. The molecule has 104 valence electrons. The van der Waals surface area contributed by atoms with Crippen molar-refractivity contribution in [3.05, 3.63) is 24.3 Å². The Labute approximate surface area is 111 Å². The monoisotopic (exact) mass is 285 g/mol. The number of morpholine rings is 1. The van der Waals surface area contributed by atoms with Crippen LogP contribution in [0.25, 0.3) is 0 Å². The van der Waals surface area contributed by atoms with Gasteiger partial charge in [-0.25, -0.2) is 13.2 Å². The molecule has 2 rings (SSSR count). The van der Waals surface area contributed by atoms with Crippen LogP contribution < -0.4 is 4.90 Å². The van der Waals surface area contributed by atoms with E-state index in [4.69, 9.17) is 4.74 Å². The van der Waals surface area contributed by atoms with E-state index in [0.717, 1.165) is 6.26 Å². The van der Waals surface area contributed by atoms with E-state index in [-0.39, 0.29) is 11.5 Å². The Kier molecular flexibility index (Phi) is 3.77. The summed E-state index contributed by atoms with van der Waals surface area (Å²) >= 11 is 0. The molecule has 7 heteroatoms. The lowest BCUT2D eigenvalue weighted by atomic mass is 10.2. The lowest BCUT2D eigenvalue weighted by Crippen LogP contribution is -2.50. The zero-order valence-corrected chi connectivity index (χ0v) is 11.3. The van der Waals surface area contributed by atoms with Crippen molar-refractivity contribution in [2.75, 3.05) is 30.9 Å². The largest absolute Gasteiger partial charge is 0.480 e. The van der Waals surface area contributed by atoms with Gasteiger partial charge in [0.25, 0.3) is 0 Å². The van der Waals surface area contributed by atoms with Crippen LogP contribution in [-0.2, 0) is 19.4 Å². The van der Waals surface area contributed by atoms with Crippen LogP contribution in [0.5, 0.6) is 0 Å². The summed E-state index contributed by atoms with van der Waals surface area (Å²) in [7, 11) is -3.41. The van der Waals surface area contributed by atoms with Crippen LogP contribution in [0.15, 0.2) is 29.2 Å². The van der Waals surface area contributed by atoms with Gasteiger partial charge in [-0.05, 0) is 12.1 Å². The first-order chi connectivity index (χ1) is 8.91. The Morgan fingerprint density at radius 2 is 2.11 bits per heavy atom. The molecule has 1 unspecified atom stereocenters. The Morgan fingerprint density at radius 1 is 1.42 bits per heavy atom. The summed E-state index contributed by atoms with van der Waals surface area (Å²) in [6.45, 7) is 0.777. The number of nitrogens with zero attached hydrogens (tertiary/aromatic N) is 1. The lowest BCUT2D eigenvalue weighted by molar-refractivity contribution is -0.141. The van der Waals surface area contributed by atoms with Crippen LogP contribution in [0.4, 0.5) is 5.69 Å². The van der Waals surface area contributed by atoms with E-state index in [1.807, 2.05) is 0 Å². The third-order valence-electron chi connectivity index (χ3n) is 2.99. The predicted molar refractivity (Wildman–Crippen MR) is 69.1 cm³/mol. The third-order valence-corrected chi connectivity index (χ3v) is 4.13. The minimum absolute atomic E-state index is 0.0490. The molecule has 1 aliphatic heterocycles. The molecule has 1 aromatic rings. The third kappa shape index (κ3) is 2.87. The number of carboxylic acid groups (broad SMARTS) is 1. The van der Waals surface area contributed by atoms with E-state index in [1.54, 1.807) is 23.1 Å². The zero-order chi connectivity index (χ0) is 14.0. The fourth-order valence-electron chi connectivity index (χ4n) is 2.10. The molecule has 19 heavy (non-hydrogen) atoms. The van der Waals surface area contributed by atoms with E-state index >= 15 is 0 Å². The van der Waals surface area contributed by atoms with Gasteiger partial charge in [0.1, 0.15) is 0 Å². The van der Waals surface area contributed by atoms with Crippen LogP contribution in [-0.4, -0.2) is 51.5 Å². The molecular weight excluding hydrogens is 270 g/mol. The van der Waals surface area contributed by atoms with E-state index in [1.165, 1.54) is 6.07 Å². The van der Waals surface area contributed by atoms with Crippen LogP contribution in [0.1, 0.15) is 0 Å². The molecule has 1 N–H and O–H groups in total. The first-order valence-electron chi connectivity index (χ1n) is 5.77. The Balaban J connectivity index is 2.48. The summed E-state index contributed by atoms with van der Waals surface area (Å²) in [6.07, 6.45) is 1.11. The van der Waals surface area contributed by atoms with Crippen molar-refractivity contribution < 1.29 is 23.1 Å². The van der Waals surface area contributed by atoms with Crippen LogP contribution in [0.2, 0.25) is 0 Å². The maximum Gasteiger partial charge on any atom is 0.328 e. The molecule has 0 aliphatic carbocycles. The number of hydrogen-bond acceptors (Lipinski definition) is 5. The summed E-state index contributed by atoms with van der Waals surface area (Å²) in [5, 5.41) is 9.19. The molecule has 1 atom stereocenters. The van der Waals surface area contributed by atoms with Gasteiger partial charge in [-0.1, -0.05) is 12.1 Å². The van der Waals surface area contributed by atoms with E-state index < -0.39 is 21.8 Å². The quantitative estimate of drug-likeness (QED) is 0.864. The molecule has 0 amide bonds. The number of benzene rings is 1. The highest BCUT2D eigenvalue weighted by Crippen LogP contribution is 2.27. The fraction of sp³-hybridized carbons (Fsp3) is 0.417. The van der Waals surface area contributed by atoms with Crippen molar-refractivity contribution in [3.63, 3.8) is 0 Å². The zero-order valence-electron chi connectivity index (χ0n) is 10.4. The first-order valence-corrected chi connectivity index (χ1v) is 7.66. The highest BCUT2D eigenvalue weighted by atomic mass is 32.2. The summed E-state index contributed by atoms with van der Waals surface area (Å²) in [6, 6.07) is 5.56.